The lowest BCUT2D eigenvalue weighted by Crippen LogP contribution is -2.56. The van der Waals surface area contributed by atoms with E-state index in [1.165, 1.54) is 0 Å². The molecule has 1 heterocycles. The van der Waals surface area contributed by atoms with Gasteiger partial charge in [-0.15, -0.1) is 0 Å². The number of carbonyl (C=O) groups excluding carboxylic acids is 1. The Balaban J connectivity index is 1.89. The van der Waals surface area contributed by atoms with Crippen LogP contribution in [0, 0.1) is 0 Å². The van der Waals surface area contributed by atoms with E-state index in [0.717, 1.165) is 5.75 Å². The molecular weight excluding hydrogens is 234 g/mol. The van der Waals surface area contributed by atoms with Gasteiger partial charge in [0.1, 0.15) is 11.5 Å². The van der Waals surface area contributed by atoms with Crippen molar-refractivity contribution in [3.63, 3.8) is 0 Å². The van der Waals surface area contributed by atoms with Crippen LogP contribution in [-0.4, -0.2) is 48.3 Å². The molecule has 1 aliphatic rings. The number of carbonyl (C=O) groups is 1. The minimum atomic E-state index is -0.550. The molecule has 0 aliphatic carbocycles. The second-order valence-electron chi connectivity index (χ2n) is 4.33. The largest absolute Gasteiger partial charge is 0.497 e. The number of hydrogen-bond acceptors (Lipinski definition) is 4. The number of hydrogen-bond donors (Lipinski definition) is 1. The fourth-order valence-corrected chi connectivity index (χ4v) is 1.80. The summed E-state index contributed by atoms with van der Waals surface area (Å²) in [6.45, 7) is 2.50. The van der Waals surface area contributed by atoms with Crippen molar-refractivity contribution in [2.45, 2.75) is 19.1 Å². The second-order valence-corrected chi connectivity index (χ2v) is 4.33. The second kappa shape index (κ2) is 5.27. The van der Waals surface area contributed by atoms with Gasteiger partial charge in [-0.1, -0.05) is 0 Å². The molecule has 1 amide bonds. The molecule has 1 aromatic rings. The summed E-state index contributed by atoms with van der Waals surface area (Å²) in [7, 11) is 1.59. The van der Waals surface area contributed by atoms with E-state index in [1.54, 1.807) is 43.2 Å². The van der Waals surface area contributed by atoms with Gasteiger partial charge in [0.15, 0.2) is 6.10 Å². The molecule has 1 aromatic carbocycles. The Kier molecular flexibility index (Phi) is 3.72. The average molecular weight is 251 g/mol. The van der Waals surface area contributed by atoms with Crippen LogP contribution < -0.4 is 9.47 Å². The molecule has 0 radical (unpaired) electrons. The van der Waals surface area contributed by atoms with Crippen LogP contribution in [0.2, 0.25) is 0 Å². The molecule has 0 aromatic heterocycles. The molecular formula is C13H17NO4. The van der Waals surface area contributed by atoms with Crippen LogP contribution in [-0.2, 0) is 4.79 Å². The smallest absolute Gasteiger partial charge is 0.263 e. The van der Waals surface area contributed by atoms with Crippen molar-refractivity contribution < 1.29 is 19.4 Å². The van der Waals surface area contributed by atoms with Gasteiger partial charge in [-0.05, 0) is 31.2 Å². The first-order chi connectivity index (χ1) is 8.60. The van der Waals surface area contributed by atoms with E-state index in [4.69, 9.17) is 14.6 Å². The van der Waals surface area contributed by atoms with Gasteiger partial charge in [-0.2, -0.15) is 0 Å². The summed E-state index contributed by atoms with van der Waals surface area (Å²) in [6, 6.07) is 7.07. The average Bonchev–Trinajstić information content (AvgIpc) is 2.35. The number of β-amino-alcohol motifs (C(OH)–C–C–N with tert-alkyl or cyclic N) is 1. The molecule has 0 bridgehead atoms. The highest BCUT2D eigenvalue weighted by Crippen LogP contribution is 2.19. The third kappa shape index (κ3) is 2.73. The first-order valence-corrected chi connectivity index (χ1v) is 5.87. The van der Waals surface area contributed by atoms with Crippen LogP contribution in [0.4, 0.5) is 0 Å². The molecule has 1 N–H and O–H groups in total. The standard InChI is InChI=1S/C13H17NO4/c1-9(13(16)14-7-10(15)8-14)18-12-5-3-11(17-2)4-6-12/h3-6,9-10,15H,7-8H2,1-2H3. The Hall–Kier alpha value is -1.75. The van der Waals surface area contributed by atoms with Gasteiger partial charge in [-0.25, -0.2) is 0 Å². The van der Waals surface area contributed by atoms with Gasteiger partial charge in [0, 0.05) is 13.1 Å². The zero-order chi connectivity index (χ0) is 13.1. The fraction of sp³-hybridized carbons (Fsp3) is 0.462. The van der Waals surface area contributed by atoms with Gasteiger partial charge in [-0.3, -0.25) is 4.79 Å². The summed E-state index contributed by atoms with van der Waals surface area (Å²) >= 11 is 0. The van der Waals surface area contributed by atoms with Crippen molar-refractivity contribution in [2.24, 2.45) is 0 Å². The summed E-state index contributed by atoms with van der Waals surface area (Å²) in [5.74, 6) is 1.26. The van der Waals surface area contributed by atoms with E-state index in [0.29, 0.717) is 18.8 Å². The molecule has 98 valence electrons. The van der Waals surface area contributed by atoms with Gasteiger partial charge in [0.2, 0.25) is 0 Å². The number of benzene rings is 1. The van der Waals surface area contributed by atoms with Crippen molar-refractivity contribution in [1.29, 1.82) is 0 Å². The first kappa shape index (κ1) is 12.7. The van der Waals surface area contributed by atoms with Crippen molar-refractivity contribution in [3.8, 4) is 11.5 Å². The van der Waals surface area contributed by atoms with E-state index in [2.05, 4.69) is 0 Å². The molecule has 5 nitrogen and oxygen atoms in total. The maximum atomic E-state index is 11.9. The molecule has 5 heteroatoms. The van der Waals surface area contributed by atoms with E-state index in [1.807, 2.05) is 0 Å². The number of likely N-dealkylation sites (tertiary alicyclic amines) is 1. The van der Waals surface area contributed by atoms with Crippen LogP contribution in [0.15, 0.2) is 24.3 Å². The topological polar surface area (TPSA) is 59.0 Å². The zero-order valence-corrected chi connectivity index (χ0v) is 10.5. The van der Waals surface area contributed by atoms with E-state index in [-0.39, 0.29) is 12.0 Å². The lowest BCUT2D eigenvalue weighted by atomic mass is 10.1. The van der Waals surface area contributed by atoms with Crippen LogP contribution in [0.1, 0.15) is 6.92 Å². The molecule has 1 aliphatic heterocycles. The first-order valence-electron chi connectivity index (χ1n) is 5.87. The summed E-state index contributed by atoms with van der Waals surface area (Å²) in [5, 5.41) is 9.15. The molecule has 18 heavy (non-hydrogen) atoms. The highest BCUT2D eigenvalue weighted by molar-refractivity contribution is 5.81. The Bertz CT molecular complexity index is 412. The van der Waals surface area contributed by atoms with E-state index < -0.39 is 6.10 Å². The SMILES string of the molecule is COc1ccc(OC(C)C(=O)N2CC(O)C2)cc1. The highest BCUT2D eigenvalue weighted by Gasteiger charge is 2.32. The lowest BCUT2D eigenvalue weighted by molar-refractivity contribution is -0.148. The van der Waals surface area contributed by atoms with Gasteiger partial charge < -0.3 is 19.5 Å². The number of methoxy groups -OCH3 is 1. The maximum Gasteiger partial charge on any atom is 0.263 e. The van der Waals surface area contributed by atoms with E-state index >= 15 is 0 Å². The molecule has 1 fully saturated rings. The minimum absolute atomic E-state index is 0.101. The summed E-state index contributed by atoms with van der Waals surface area (Å²) < 4.78 is 10.6. The van der Waals surface area contributed by atoms with Crippen molar-refractivity contribution in [2.75, 3.05) is 20.2 Å². The number of amides is 1. The monoisotopic (exact) mass is 251 g/mol. The fourth-order valence-electron chi connectivity index (χ4n) is 1.80. The van der Waals surface area contributed by atoms with E-state index in [9.17, 15) is 4.79 Å². The third-order valence-corrected chi connectivity index (χ3v) is 2.89. The third-order valence-electron chi connectivity index (χ3n) is 2.89. The Morgan fingerprint density at radius 3 is 2.39 bits per heavy atom. The number of ether oxygens (including phenoxy) is 2. The lowest BCUT2D eigenvalue weighted by Gasteiger charge is -2.37. The van der Waals surface area contributed by atoms with Gasteiger partial charge in [0.05, 0.1) is 13.2 Å². The summed E-state index contributed by atoms with van der Waals surface area (Å²) in [5.41, 5.74) is 0. The Morgan fingerprint density at radius 2 is 1.89 bits per heavy atom. The van der Waals surface area contributed by atoms with Crippen molar-refractivity contribution in [1.82, 2.24) is 4.90 Å². The summed E-state index contributed by atoms with van der Waals surface area (Å²) in [6.07, 6.45) is -0.937. The quantitative estimate of drug-likeness (QED) is 0.854. The Labute approximate surface area is 106 Å². The molecule has 0 saturated carbocycles. The predicted octanol–water partition coefficient (Wildman–Crippen LogP) is 0.666. The van der Waals surface area contributed by atoms with Crippen LogP contribution in [0.3, 0.4) is 0 Å². The summed E-state index contributed by atoms with van der Waals surface area (Å²) in [4.78, 5) is 13.4. The maximum absolute atomic E-state index is 11.9. The molecule has 1 atom stereocenters. The van der Waals surface area contributed by atoms with Crippen molar-refractivity contribution in [3.05, 3.63) is 24.3 Å². The minimum Gasteiger partial charge on any atom is -0.497 e. The predicted molar refractivity (Wildman–Crippen MR) is 65.7 cm³/mol. The number of aliphatic hydroxyl groups excluding tert-OH is 1. The van der Waals surface area contributed by atoms with Crippen LogP contribution in [0.5, 0.6) is 11.5 Å². The number of nitrogens with zero attached hydrogens (tertiary/aromatic N) is 1. The van der Waals surface area contributed by atoms with Crippen LogP contribution >= 0.6 is 0 Å². The van der Waals surface area contributed by atoms with Gasteiger partial charge >= 0.3 is 0 Å². The molecule has 1 unspecified atom stereocenters. The highest BCUT2D eigenvalue weighted by atomic mass is 16.5. The van der Waals surface area contributed by atoms with Crippen LogP contribution in [0.25, 0.3) is 0 Å². The Morgan fingerprint density at radius 1 is 1.33 bits per heavy atom. The number of rotatable bonds is 4. The van der Waals surface area contributed by atoms with Crippen molar-refractivity contribution >= 4 is 5.91 Å². The molecule has 2 rings (SSSR count). The molecule has 1 saturated heterocycles. The molecule has 0 spiro atoms. The number of aliphatic hydroxyl groups is 1. The van der Waals surface area contributed by atoms with Gasteiger partial charge in [0.25, 0.3) is 5.91 Å². The zero-order valence-electron chi connectivity index (χ0n) is 10.5. The normalized spacial score (nSPS) is 16.9.